The molecule has 3 N–H and O–H groups in total. The minimum Gasteiger partial charge on any atom is -0.497 e. The van der Waals surface area contributed by atoms with Crippen LogP contribution in [0.2, 0.25) is 0 Å². The number of hydrogen-bond donors (Lipinski definition) is 3. The van der Waals surface area contributed by atoms with Gasteiger partial charge < -0.3 is 35.2 Å². The van der Waals surface area contributed by atoms with Gasteiger partial charge in [-0.1, -0.05) is 0 Å². The quantitative estimate of drug-likeness (QED) is 0.287. The number of hydrogen-bond acceptors (Lipinski definition) is 8. The van der Waals surface area contributed by atoms with E-state index in [1.807, 2.05) is 17.0 Å². The van der Waals surface area contributed by atoms with E-state index in [0.29, 0.717) is 86.7 Å². The molecule has 2 unspecified atom stereocenters. The number of carbonyl (C=O) groups excluding carboxylic acids is 4. The zero-order valence-corrected chi connectivity index (χ0v) is 26.0. The van der Waals surface area contributed by atoms with Gasteiger partial charge in [-0.15, -0.1) is 0 Å². The fourth-order valence-corrected chi connectivity index (χ4v) is 6.35. The lowest BCUT2D eigenvalue weighted by atomic mass is 10.1. The van der Waals surface area contributed by atoms with Crippen LogP contribution in [0.25, 0.3) is 0 Å². The fraction of sp³-hybridized carbons (Fsp3) is 0.382. The van der Waals surface area contributed by atoms with Gasteiger partial charge in [0.1, 0.15) is 11.5 Å². The number of fused-ring (bicyclic) bond motifs is 4. The summed E-state index contributed by atoms with van der Waals surface area (Å²) in [5.41, 5.74) is 4.25. The lowest BCUT2D eigenvalue weighted by Crippen LogP contribution is -2.36. The summed E-state index contributed by atoms with van der Waals surface area (Å²) in [5, 5.41) is 9.16. The molecule has 2 fully saturated rings. The predicted molar refractivity (Wildman–Crippen MR) is 173 cm³/mol. The van der Waals surface area contributed by atoms with E-state index in [0.717, 1.165) is 16.8 Å². The summed E-state index contributed by atoms with van der Waals surface area (Å²) < 4.78 is 10.6. The zero-order valence-electron chi connectivity index (χ0n) is 26.0. The van der Waals surface area contributed by atoms with Crippen molar-refractivity contribution in [2.45, 2.75) is 37.8 Å². The Morgan fingerprint density at radius 2 is 1.48 bits per heavy atom. The number of anilines is 1. The Morgan fingerprint density at radius 3 is 2.17 bits per heavy atom. The first-order valence-corrected chi connectivity index (χ1v) is 15.5. The highest BCUT2D eigenvalue weighted by Gasteiger charge is 2.36. The summed E-state index contributed by atoms with van der Waals surface area (Å²) >= 11 is 0. The van der Waals surface area contributed by atoms with Gasteiger partial charge in [-0.25, -0.2) is 0 Å². The van der Waals surface area contributed by atoms with Crippen molar-refractivity contribution in [3.63, 3.8) is 0 Å². The molecular formula is C34H38N6O6. The average Bonchev–Trinajstić information content (AvgIpc) is 3.60. The van der Waals surface area contributed by atoms with Crippen LogP contribution in [-0.4, -0.2) is 98.7 Å². The van der Waals surface area contributed by atoms with E-state index in [-0.39, 0.29) is 35.7 Å². The number of carbonyl (C=O) groups is 4. The third-order valence-corrected chi connectivity index (χ3v) is 8.76. The number of aliphatic imine (C=N–C) groups is 1. The summed E-state index contributed by atoms with van der Waals surface area (Å²) in [6, 6.07) is 10.5. The number of amides is 4. The van der Waals surface area contributed by atoms with Crippen molar-refractivity contribution in [2.24, 2.45) is 4.99 Å². The van der Waals surface area contributed by atoms with Crippen molar-refractivity contribution in [1.82, 2.24) is 20.4 Å². The van der Waals surface area contributed by atoms with Crippen molar-refractivity contribution in [2.75, 3.05) is 52.3 Å². The summed E-state index contributed by atoms with van der Waals surface area (Å²) in [5.74, 6) is 0.631. The number of methoxy groups -OCH3 is 2. The van der Waals surface area contributed by atoms with Crippen molar-refractivity contribution in [3.8, 4) is 11.5 Å². The normalized spacial score (nSPS) is 21.5. The molecule has 240 valence electrons. The minimum atomic E-state index is -0.202. The standard InChI is InChI=1S/C34H38N6O6/c1-45-25-5-7-29-27(15-25)33(43)39-19-21(11-23(39)17-37-29)13-31(41)35-9-3-4-10-36-32(42)14-22-12-24-18-38-30-8-6-26(46-2)16-28(30)34(44)40(24)20-22/h5-8,13-17,23-24,38H,3-4,9-12,18-20H2,1-2H3,(H,35,41)(H,36,42). The first kappa shape index (κ1) is 30.9. The van der Waals surface area contributed by atoms with Gasteiger partial charge in [-0.2, -0.15) is 0 Å². The van der Waals surface area contributed by atoms with Crippen LogP contribution in [0.15, 0.2) is 64.7 Å². The van der Waals surface area contributed by atoms with Crippen LogP contribution < -0.4 is 25.4 Å². The summed E-state index contributed by atoms with van der Waals surface area (Å²) in [4.78, 5) is 59.6. The Labute approximate surface area is 267 Å². The van der Waals surface area contributed by atoms with E-state index in [9.17, 15) is 19.2 Å². The Bertz CT molecular complexity index is 1650. The van der Waals surface area contributed by atoms with Crippen molar-refractivity contribution < 1.29 is 28.7 Å². The van der Waals surface area contributed by atoms with E-state index in [4.69, 9.17) is 9.47 Å². The molecule has 2 aromatic rings. The molecular weight excluding hydrogens is 588 g/mol. The molecule has 0 saturated carbocycles. The highest BCUT2D eigenvalue weighted by molar-refractivity contribution is 6.04. The van der Waals surface area contributed by atoms with Crippen LogP contribution in [0.4, 0.5) is 11.4 Å². The SMILES string of the molecule is COc1ccc2c(c1)C(=O)N1CC(=CC(=O)NCCCCNC(=O)C=C3CC4CNc5ccc(OC)cc5C(=O)N4C3)CC1C=N2. The molecule has 2 atom stereocenters. The van der Waals surface area contributed by atoms with Crippen LogP contribution in [-0.2, 0) is 9.59 Å². The number of unbranched alkanes of at least 4 members (excludes halogenated alkanes) is 1. The van der Waals surface area contributed by atoms with Gasteiger partial charge in [-0.3, -0.25) is 24.2 Å². The molecule has 4 aliphatic rings. The number of benzene rings is 2. The smallest absolute Gasteiger partial charge is 0.257 e. The lowest BCUT2D eigenvalue weighted by Gasteiger charge is -2.20. The second kappa shape index (κ2) is 13.5. The Balaban J connectivity index is 0.913. The number of ether oxygens (including phenoxy) is 2. The summed E-state index contributed by atoms with van der Waals surface area (Å²) in [7, 11) is 3.13. The number of nitrogens with zero attached hydrogens (tertiary/aromatic N) is 3. The van der Waals surface area contributed by atoms with Gasteiger partial charge in [0.15, 0.2) is 0 Å². The molecule has 46 heavy (non-hydrogen) atoms. The van der Waals surface area contributed by atoms with Crippen molar-refractivity contribution in [3.05, 3.63) is 70.8 Å². The topological polar surface area (TPSA) is 142 Å². The molecule has 0 bridgehead atoms. The number of rotatable bonds is 9. The maximum absolute atomic E-state index is 13.2. The fourth-order valence-electron chi connectivity index (χ4n) is 6.35. The minimum absolute atomic E-state index is 0.0204. The second-order valence-electron chi connectivity index (χ2n) is 11.8. The van der Waals surface area contributed by atoms with Crippen LogP contribution >= 0.6 is 0 Å². The predicted octanol–water partition coefficient (Wildman–Crippen LogP) is 2.84. The molecule has 12 heteroatoms. The molecule has 0 aliphatic carbocycles. The Kier molecular flexibility index (Phi) is 9.04. The van der Waals surface area contributed by atoms with Gasteiger partial charge in [0, 0.05) is 56.8 Å². The van der Waals surface area contributed by atoms with E-state index in [1.54, 1.807) is 61.8 Å². The summed E-state index contributed by atoms with van der Waals surface area (Å²) in [6.07, 6.45) is 7.54. The Hall–Kier alpha value is -5.13. The molecule has 6 rings (SSSR count). The molecule has 0 aromatic heterocycles. The molecule has 2 saturated heterocycles. The van der Waals surface area contributed by atoms with E-state index in [1.165, 1.54) is 0 Å². The van der Waals surface area contributed by atoms with Gasteiger partial charge in [0.2, 0.25) is 11.8 Å². The lowest BCUT2D eigenvalue weighted by molar-refractivity contribution is -0.117. The van der Waals surface area contributed by atoms with Gasteiger partial charge >= 0.3 is 0 Å². The van der Waals surface area contributed by atoms with Gasteiger partial charge in [0.25, 0.3) is 11.8 Å². The third-order valence-electron chi connectivity index (χ3n) is 8.76. The Morgan fingerprint density at radius 1 is 0.870 bits per heavy atom. The second-order valence-corrected chi connectivity index (χ2v) is 11.8. The molecule has 4 heterocycles. The van der Waals surface area contributed by atoms with Crippen molar-refractivity contribution in [1.29, 1.82) is 0 Å². The zero-order chi connectivity index (χ0) is 32.2. The first-order chi connectivity index (χ1) is 22.3. The highest BCUT2D eigenvalue weighted by atomic mass is 16.5. The molecule has 12 nitrogen and oxygen atoms in total. The van der Waals surface area contributed by atoms with Crippen LogP contribution in [0, 0.1) is 0 Å². The highest BCUT2D eigenvalue weighted by Crippen LogP contribution is 2.34. The van der Waals surface area contributed by atoms with Crippen LogP contribution in [0.5, 0.6) is 11.5 Å². The third kappa shape index (κ3) is 6.60. The first-order valence-electron chi connectivity index (χ1n) is 15.5. The van der Waals surface area contributed by atoms with Gasteiger partial charge in [0.05, 0.1) is 43.1 Å². The van der Waals surface area contributed by atoms with E-state index < -0.39 is 0 Å². The maximum Gasteiger partial charge on any atom is 0.257 e. The van der Waals surface area contributed by atoms with E-state index >= 15 is 0 Å². The van der Waals surface area contributed by atoms with Gasteiger partial charge in [-0.05, 0) is 73.2 Å². The van der Waals surface area contributed by atoms with Crippen LogP contribution in [0.3, 0.4) is 0 Å². The summed E-state index contributed by atoms with van der Waals surface area (Å²) in [6.45, 7) is 2.34. The molecule has 0 spiro atoms. The monoisotopic (exact) mass is 626 g/mol. The van der Waals surface area contributed by atoms with E-state index in [2.05, 4.69) is 20.9 Å². The largest absolute Gasteiger partial charge is 0.497 e. The molecule has 2 aromatic carbocycles. The maximum atomic E-state index is 13.2. The molecule has 0 radical (unpaired) electrons. The number of nitrogens with one attached hydrogen (secondary N) is 3. The van der Waals surface area contributed by atoms with Crippen LogP contribution in [0.1, 0.15) is 46.4 Å². The van der Waals surface area contributed by atoms with Crippen molar-refractivity contribution >= 4 is 41.2 Å². The molecule has 4 aliphatic heterocycles. The average molecular weight is 627 g/mol. The molecule has 4 amide bonds.